The summed E-state index contributed by atoms with van der Waals surface area (Å²) in [5.74, 6) is -0.918. The van der Waals surface area contributed by atoms with Gasteiger partial charge >= 0.3 is 0 Å². The van der Waals surface area contributed by atoms with Crippen molar-refractivity contribution < 1.29 is 13.9 Å². The standard InChI is InChI=1S/C17H19F2NO/c1-12(16-10-14(18)7-8-17(16)19)20-11-15(21)9-13-5-3-2-4-6-13/h2-8,10,12,15,20-21H,9,11H2,1H3. The number of benzene rings is 2. The van der Waals surface area contributed by atoms with Gasteiger partial charge in [0.05, 0.1) is 6.10 Å². The van der Waals surface area contributed by atoms with Crippen LogP contribution in [0.2, 0.25) is 0 Å². The van der Waals surface area contributed by atoms with E-state index < -0.39 is 17.7 Å². The predicted octanol–water partition coefficient (Wildman–Crippen LogP) is 3.22. The number of halogens is 2. The van der Waals surface area contributed by atoms with Crippen LogP contribution in [0.5, 0.6) is 0 Å². The topological polar surface area (TPSA) is 32.3 Å². The predicted molar refractivity (Wildman–Crippen MR) is 78.9 cm³/mol. The van der Waals surface area contributed by atoms with Crippen LogP contribution in [0.3, 0.4) is 0 Å². The summed E-state index contributed by atoms with van der Waals surface area (Å²) in [7, 11) is 0. The molecule has 2 aromatic carbocycles. The maximum absolute atomic E-state index is 13.6. The van der Waals surface area contributed by atoms with E-state index in [1.165, 1.54) is 6.07 Å². The first kappa shape index (κ1) is 15.6. The van der Waals surface area contributed by atoms with E-state index in [-0.39, 0.29) is 11.6 Å². The van der Waals surface area contributed by atoms with Crippen LogP contribution in [0, 0.1) is 11.6 Å². The van der Waals surface area contributed by atoms with Gasteiger partial charge in [-0.2, -0.15) is 0 Å². The SMILES string of the molecule is CC(NCC(O)Cc1ccccc1)c1cc(F)ccc1F. The van der Waals surface area contributed by atoms with Gasteiger partial charge in [0.25, 0.3) is 0 Å². The lowest BCUT2D eigenvalue weighted by Crippen LogP contribution is -2.30. The Bertz CT molecular complexity index is 574. The van der Waals surface area contributed by atoms with Crippen molar-refractivity contribution >= 4 is 0 Å². The fraction of sp³-hybridized carbons (Fsp3) is 0.294. The molecule has 2 atom stereocenters. The van der Waals surface area contributed by atoms with Crippen LogP contribution in [0.15, 0.2) is 48.5 Å². The molecule has 112 valence electrons. The normalized spacial score (nSPS) is 13.9. The number of nitrogens with one attached hydrogen (secondary N) is 1. The summed E-state index contributed by atoms with van der Waals surface area (Å²) in [5.41, 5.74) is 1.30. The highest BCUT2D eigenvalue weighted by atomic mass is 19.1. The number of aliphatic hydroxyl groups excluding tert-OH is 1. The summed E-state index contributed by atoms with van der Waals surface area (Å²) in [6.45, 7) is 2.05. The van der Waals surface area contributed by atoms with Crippen LogP contribution in [-0.4, -0.2) is 17.8 Å². The smallest absolute Gasteiger partial charge is 0.128 e. The summed E-state index contributed by atoms with van der Waals surface area (Å²) >= 11 is 0. The summed E-state index contributed by atoms with van der Waals surface area (Å²) in [4.78, 5) is 0. The second-order valence-electron chi connectivity index (χ2n) is 5.14. The van der Waals surface area contributed by atoms with E-state index in [0.717, 1.165) is 17.7 Å². The molecule has 2 unspecified atom stereocenters. The molecule has 0 aliphatic heterocycles. The first-order valence-corrected chi connectivity index (χ1v) is 6.96. The van der Waals surface area contributed by atoms with Crippen molar-refractivity contribution in [2.45, 2.75) is 25.5 Å². The molecule has 21 heavy (non-hydrogen) atoms. The lowest BCUT2D eigenvalue weighted by Gasteiger charge is -2.18. The maximum atomic E-state index is 13.6. The Balaban J connectivity index is 1.88. The van der Waals surface area contributed by atoms with Crippen LogP contribution in [0.4, 0.5) is 8.78 Å². The highest BCUT2D eigenvalue weighted by Crippen LogP contribution is 2.18. The fourth-order valence-electron chi connectivity index (χ4n) is 2.23. The molecule has 0 bridgehead atoms. The minimum absolute atomic E-state index is 0.266. The molecular formula is C17H19F2NO. The molecule has 2 rings (SSSR count). The Kier molecular flexibility index (Phi) is 5.42. The highest BCUT2D eigenvalue weighted by molar-refractivity contribution is 5.22. The zero-order chi connectivity index (χ0) is 15.2. The molecule has 2 N–H and O–H groups in total. The summed E-state index contributed by atoms with van der Waals surface area (Å²) < 4.78 is 26.8. The summed E-state index contributed by atoms with van der Waals surface area (Å²) in [6.07, 6.45) is -0.0573. The van der Waals surface area contributed by atoms with Gasteiger partial charge in [-0.1, -0.05) is 30.3 Å². The number of hydrogen-bond acceptors (Lipinski definition) is 2. The Morgan fingerprint density at radius 1 is 1.10 bits per heavy atom. The number of aliphatic hydroxyl groups is 1. The first-order chi connectivity index (χ1) is 10.1. The zero-order valence-corrected chi connectivity index (χ0v) is 11.9. The van der Waals surface area contributed by atoms with E-state index in [9.17, 15) is 13.9 Å². The maximum Gasteiger partial charge on any atom is 0.128 e. The first-order valence-electron chi connectivity index (χ1n) is 6.96. The van der Waals surface area contributed by atoms with E-state index in [4.69, 9.17) is 0 Å². The summed E-state index contributed by atoms with van der Waals surface area (Å²) in [6, 6.07) is 12.7. The lowest BCUT2D eigenvalue weighted by molar-refractivity contribution is 0.168. The molecule has 2 aromatic rings. The molecule has 0 radical (unpaired) electrons. The monoisotopic (exact) mass is 291 g/mol. The van der Waals surface area contributed by atoms with Crippen molar-refractivity contribution in [3.05, 3.63) is 71.3 Å². The van der Waals surface area contributed by atoms with Crippen molar-refractivity contribution in [1.82, 2.24) is 5.32 Å². The van der Waals surface area contributed by atoms with Gasteiger partial charge < -0.3 is 10.4 Å². The molecule has 0 heterocycles. The quantitative estimate of drug-likeness (QED) is 0.856. The Labute approximate surface area is 123 Å². The van der Waals surface area contributed by atoms with Gasteiger partial charge in [-0.05, 0) is 37.1 Å². The Hall–Kier alpha value is -1.78. The second kappa shape index (κ2) is 7.29. The molecule has 0 fully saturated rings. The van der Waals surface area contributed by atoms with Gasteiger partial charge in [0.2, 0.25) is 0 Å². The van der Waals surface area contributed by atoms with Crippen molar-refractivity contribution in [2.24, 2.45) is 0 Å². The molecular weight excluding hydrogens is 272 g/mol. The largest absolute Gasteiger partial charge is 0.391 e. The van der Waals surface area contributed by atoms with Gasteiger partial charge in [0, 0.05) is 18.2 Å². The van der Waals surface area contributed by atoms with Crippen LogP contribution in [0.25, 0.3) is 0 Å². The van der Waals surface area contributed by atoms with E-state index in [1.807, 2.05) is 30.3 Å². The molecule has 0 saturated carbocycles. The molecule has 0 amide bonds. The molecule has 2 nitrogen and oxygen atoms in total. The average Bonchev–Trinajstić information content (AvgIpc) is 2.48. The van der Waals surface area contributed by atoms with E-state index in [1.54, 1.807) is 6.92 Å². The van der Waals surface area contributed by atoms with Crippen LogP contribution >= 0.6 is 0 Å². The van der Waals surface area contributed by atoms with Crippen LogP contribution < -0.4 is 5.32 Å². The van der Waals surface area contributed by atoms with E-state index in [0.29, 0.717) is 13.0 Å². The molecule has 0 spiro atoms. The Morgan fingerprint density at radius 2 is 1.81 bits per heavy atom. The lowest BCUT2D eigenvalue weighted by atomic mass is 10.1. The van der Waals surface area contributed by atoms with Gasteiger partial charge in [-0.15, -0.1) is 0 Å². The van der Waals surface area contributed by atoms with E-state index in [2.05, 4.69) is 5.32 Å². The van der Waals surface area contributed by atoms with Crippen molar-refractivity contribution in [2.75, 3.05) is 6.54 Å². The third-order valence-electron chi connectivity index (χ3n) is 3.40. The van der Waals surface area contributed by atoms with Crippen molar-refractivity contribution in [3.63, 3.8) is 0 Å². The fourth-order valence-corrected chi connectivity index (χ4v) is 2.23. The third-order valence-corrected chi connectivity index (χ3v) is 3.40. The minimum atomic E-state index is -0.577. The van der Waals surface area contributed by atoms with Gasteiger partial charge in [0.15, 0.2) is 0 Å². The number of rotatable bonds is 6. The molecule has 0 aromatic heterocycles. The molecule has 0 aliphatic rings. The van der Waals surface area contributed by atoms with Crippen LogP contribution in [-0.2, 0) is 6.42 Å². The van der Waals surface area contributed by atoms with Crippen LogP contribution in [0.1, 0.15) is 24.1 Å². The number of hydrogen-bond donors (Lipinski definition) is 2. The molecule has 0 aliphatic carbocycles. The zero-order valence-electron chi connectivity index (χ0n) is 11.9. The third kappa shape index (κ3) is 4.62. The second-order valence-corrected chi connectivity index (χ2v) is 5.14. The molecule has 4 heteroatoms. The highest BCUT2D eigenvalue weighted by Gasteiger charge is 2.13. The van der Waals surface area contributed by atoms with Crippen molar-refractivity contribution in [1.29, 1.82) is 0 Å². The van der Waals surface area contributed by atoms with Crippen molar-refractivity contribution in [3.8, 4) is 0 Å². The van der Waals surface area contributed by atoms with Gasteiger partial charge in [0.1, 0.15) is 11.6 Å². The molecule has 0 saturated heterocycles. The van der Waals surface area contributed by atoms with Gasteiger partial charge in [-0.3, -0.25) is 0 Å². The minimum Gasteiger partial charge on any atom is -0.391 e. The Morgan fingerprint density at radius 3 is 2.52 bits per heavy atom. The average molecular weight is 291 g/mol. The van der Waals surface area contributed by atoms with Gasteiger partial charge in [-0.25, -0.2) is 8.78 Å². The van der Waals surface area contributed by atoms with E-state index >= 15 is 0 Å². The summed E-state index contributed by atoms with van der Waals surface area (Å²) in [5, 5.41) is 13.0.